The molecule has 9 nitrogen and oxygen atoms in total. The van der Waals surface area contributed by atoms with Crippen molar-refractivity contribution < 1.29 is 14.4 Å². The number of aromatic nitrogens is 1. The molecule has 2 aliphatic rings. The zero-order valence-corrected chi connectivity index (χ0v) is 31.4. The van der Waals surface area contributed by atoms with Gasteiger partial charge in [-0.1, -0.05) is 97.1 Å². The number of benzene rings is 4. The van der Waals surface area contributed by atoms with E-state index in [2.05, 4.69) is 129 Å². The summed E-state index contributed by atoms with van der Waals surface area (Å²) in [5.41, 5.74) is 8.18. The van der Waals surface area contributed by atoms with Gasteiger partial charge in [-0.2, -0.15) is 0 Å². The van der Waals surface area contributed by atoms with Gasteiger partial charge in [-0.15, -0.1) is 0 Å². The average molecular weight is 723 g/mol. The highest BCUT2D eigenvalue weighted by molar-refractivity contribution is 6.01. The second kappa shape index (κ2) is 17.0. The van der Waals surface area contributed by atoms with Crippen molar-refractivity contribution in [3.63, 3.8) is 0 Å². The summed E-state index contributed by atoms with van der Waals surface area (Å²) in [5.74, 6) is 0.00170. The number of nitrogens with zero attached hydrogens (tertiary/aromatic N) is 5. The van der Waals surface area contributed by atoms with Crippen molar-refractivity contribution in [2.45, 2.75) is 39.3 Å². The number of hydrogen-bond donors (Lipinski definition) is 1. The first kappa shape index (κ1) is 36.7. The van der Waals surface area contributed by atoms with Crippen molar-refractivity contribution in [3.8, 4) is 16.9 Å². The maximum absolute atomic E-state index is 15.0. The first-order valence-electron chi connectivity index (χ1n) is 19.1. The number of hydrogen-bond acceptors (Lipinski definition) is 5. The molecule has 0 saturated carbocycles. The fraction of sp³-hybridized carbons (Fsp3) is 0.311. The van der Waals surface area contributed by atoms with Crippen molar-refractivity contribution in [2.24, 2.45) is 0 Å². The molecule has 2 saturated heterocycles. The van der Waals surface area contributed by atoms with E-state index in [1.807, 2.05) is 29.2 Å². The smallest absolute Gasteiger partial charge is 0.256 e. The van der Waals surface area contributed by atoms with Gasteiger partial charge in [-0.25, -0.2) is 0 Å². The van der Waals surface area contributed by atoms with E-state index in [9.17, 15) is 14.4 Å². The lowest BCUT2D eigenvalue weighted by Gasteiger charge is -2.42. The number of amides is 3. The fourth-order valence-corrected chi connectivity index (χ4v) is 7.95. The molecule has 0 radical (unpaired) electrons. The lowest BCUT2D eigenvalue weighted by atomic mass is 9.99. The van der Waals surface area contributed by atoms with Gasteiger partial charge in [-0.3, -0.25) is 19.3 Å². The topological polar surface area (TPSA) is 81.1 Å². The first-order valence-corrected chi connectivity index (χ1v) is 19.1. The average Bonchev–Trinajstić information content (AvgIpc) is 3.55. The Balaban J connectivity index is 1.16. The summed E-state index contributed by atoms with van der Waals surface area (Å²) < 4.78 is 2.23. The van der Waals surface area contributed by atoms with E-state index < -0.39 is 0 Å². The minimum Gasteiger partial charge on any atom is -0.368 e. The van der Waals surface area contributed by atoms with E-state index in [-0.39, 0.29) is 23.8 Å². The summed E-state index contributed by atoms with van der Waals surface area (Å²) in [6, 6.07) is 41.9. The fourth-order valence-electron chi connectivity index (χ4n) is 7.95. The lowest BCUT2D eigenvalue weighted by molar-refractivity contribution is -0.131. The van der Waals surface area contributed by atoms with E-state index in [1.54, 1.807) is 0 Å². The Labute approximate surface area is 318 Å². The second-order valence-electron chi connectivity index (χ2n) is 14.4. The Morgan fingerprint density at radius 2 is 1.35 bits per heavy atom. The number of carbonyl (C=O) groups is 3. The van der Waals surface area contributed by atoms with Gasteiger partial charge >= 0.3 is 0 Å². The molecular weight excluding hydrogens is 673 g/mol. The van der Waals surface area contributed by atoms with Crippen molar-refractivity contribution in [3.05, 3.63) is 144 Å². The Bertz CT molecular complexity index is 2040. The standard InChI is InChI=1S/C45H50N6O3/c1-34-29-42(45(54)50-28-23-47(32-37-15-8-4-9-16-37)33-41(50)30-36-13-6-3-7-14-36)44(38-17-10-5-11-18-38)51(34)40-20-12-19-39(31-40)48-24-26-49(27-25-48)43(53)21-22-46-35(2)52/h3-20,29,31,41H,21-28,30,32-33H2,1-2H3,(H,46,52). The van der Waals surface area contributed by atoms with Crippen molar-refractivity contribution in [2.75, 3.05) is 57.3 Å². The zero-order chi connectivity index (χ0) is 37.4. The molecule has 54 heavy (non-hydrogen) atoms. The number of piperazine rings is 2. The van der Waals surface area contributed by atoms with E-state index in [4.69, 9.17) is 0 Å². The van der Waals surface area contributed by atoms with Gasteiger partial charge in [0.05, 0.1) is 11.3 Å². The minimum atomic E-state index is -0.123. The molecule has 9 heteroatoms. The maximum atomic E-state index is 15.0. The number of rotatable bonds is 11. The van der Waals surface area contributed by atoms with Crippen LogP contribution in [0.2, 0.25) is 0 Å². The maximum Gasteiger partial charge on any atom is 0.256 e. The molecule has 7 rings (SSSR count). The molecule has 1 aromatic heterocycles. The summed E-state index contributed by atoms with van der Waals surface area (Å²) >= 11 is 0. The number of anilines is 1. The molecule has 278 valence electrons. The summed E-state index contributed by atoms with van der Waals surface area (Å²) in [5, 5.41) is 2.72. The Hall–Kier alpha value is -5.67. The molecular formula is C45H50N6O3. The van der Waals surface area contributed by atoms with E-state index >= 15 is 0 Å². The summed E-state index contributed by atoms with van der Waals surface area (Å²) in [6.07, 6.45) is 1.09. The Morgan fingerprint density at radius 1 is 0.704 bits per heavy atom. The Kier molecular flexibility index (Phi) is 11.5. The number of carbonyl (C=O) groups excluding carboxylic acids is 3. The van der Waals surface area contributed by atoms with Crippen LogP contribution >= 0.6 is 0 Å². The van der Waals surface area contributed by atoms with Crippen molar-refractivity contribution >= 4 is 23.4 Å². The molecule has 4 aromatic carbocycles. The normalized spacial score (nSPS) is 16.3. The summed E-state index contributed by atoms with van der Waals surface area (Å²) in [7, 11) is 0. The van der Waals surface area contributed by atoms with Gasteiger partial charge in [0, 0.05) is 95.4 Å². The van der Waals surface area contributed by atoms with Crippen LogP contribution in [0, 0.1) is 6.92 Å². The van der Waals surface area contributed by atoms with E-state index in [1.165, 1.54) is 18.1 Å². The lowest BCUT2D eigenvalue weighted by Crippen LogP contribution is -2.55. The van der Waals surface area contributed by atoms with Gasteiger partial charge in [0.2, 0.25) is 11.8 Å². The van der Waals surface area contributed by atoms with E-state index in [0.29, 0.717) is 51.3 Å². The predicted octanol–water partition coefficient (Wildman–Crippen LogP) is 6.20. The zero-order valence-electron chi connectivity index (χ0n) is 31.4. The first-order chi connectivity index (χ1) is 26.3. The van der Waals surface area contributed by atoms with Crippen LogP contribution in [0.4, 0.5) is 5.69 Å². The highest BCUT2D eigenvalue weighted by Gasteiger charge is 2.34. The minimum absolute atomic E-state index is 0.0175. The van der Waals surface area contributed by atoms with Crippen LogP contribution in [-0.4, -0.2) is 95.4 Å². The molecule has 0 spiro atoms. The molecule has 3 heterocycles. The largest absolute Gasteiger partial charge is 0.368 e. The molecule has 2 aliphatic heterocycles. The molecule has 0 aliphatic carbocycles. The van der Waals surface area contributed by atoms with Gasteiger partial charge in [0.1, 0.15) is 0 Å². The van der Waals surface area contributed by atoms with Gasteiger partial charge in [0.25, 0.3) is 5.91 Å². The van der Waals surface area contributed by atoms with Crippen molar-refractivity contribution in [1.82, 2.24) is 24.6 Å². The van der Waals surface area contributed by atoms with E-state index in [0.717, 1.165) is 54.4 Å². The van der Waals surface area contributed by atoms with Gasteiger partial charge < -0.3 is 24.6 Å². The highest BCUT2D eigenvalue weighted by atomic mass is 16.2. The van der Waals surface area contributed by atoms with Gasteiger partial charge in [0.15, 0.2) is 0 Å². The molecule has 0 bridgehead atoms. The molecule has 1 unspecified atom stereocenters. The highest BCUT2D eigenvalue weighted by Crippen LogP contribution is 2.34. The molecule has 5 aromatic rings. The Morgan fingerprint density at radius 3 is 2.04 bits per heavy atom. The van der Waals surface area contributed by atoms with Crippen LogP contribution in [-0.2, 0) is 22.6 Å². The third kappa shape index (κ3) is 8.58. The van der Waals surface area contributed by atoms with Gasteiger partial charge in [-0.05, 0) is 54.3 Å². The molecule has 1 N–H and O–H groups in total. The molecule has 1 atom stereocenters. The predicted molar refractivity (Wildman–Crippen MR) is 215 cm³/mol. The summed E-state index contributed by atoms with van der Waals surface area (Å²) in [4.78, 5) is 47.8. The number of nitrogens with one attached hydrogen (secondary N) is 1. The SMILES string of the molecule is CC(=O)NCCC(=O)N1CCN(c2cccc(-n3c(C)cc(C(=O)N4CCN(Cc5ccccc5)CC4Cc4ccccc4)c3-c3ccccc3)c2)CC1. The quantitative estimate of drug-likeness (QED) is 0.176. The summed E-state index contributed by atoms with van der Waals surface area (Å²) in [6.45, 7) is 9.71. The monoisotopic (exact) mass is 722 g/mol. The van der Waals surface area contributed by atoms with Crippen LogP contribution in [0.3, 0.4) is 0 Å². The third-order valence-electron chi connectivity index (χ3n) is 10.7. The third-order valence-corrected chi connectivity index (χ3v) is 10.7. The van der Waals surface area contributed by atoms with Crippen molar-refractivity contribution in [1.29, 1.82) is 0 Å². The molecule has 3 amide bonds. The van der Waals surface area contributed by atoms with Crippen LogP contribution in [0.25, 0.3) is 16.9 Å². The molecule has 2 fully saturated rings. The second-order valence-corrected chi connectivity index (χ2v) is 14.4. The number of aryl methyl sites for hydroxylation is 1. The van der Waals surface area contributed by atoms with Crippen LogP contribution in [0.5, 0.6) is 0 Å². The van der Waals surface area contributed by atoms with Crippen LogP contribution in [0.1, 0.15) is 40.5 Å². The van der Waals surface area contributed by atoms with Crippen LogP contribution in [0.15, 0.2) is 121 Å². The van der Waals surface area contributed by atoms with Crippen LogP contribution < -0.4 is 10.2 Å².